The van der Waals surface area contributed by atoms with Gasteiger partial charge >= 0.3 is 0 Å². The molecule has 0 rings (SSSR count). The SMILES string of the molecule is CCCC(O)(CCC)CN=C(NCC)NCCS(=O)(=O)N(CC)CC.I. The van der Waals surface area contributed by atoms with Crippen LogP contribution in [0.5, 0.6) is 0 Å². The third-order valence-electron chi connectivity index (χ3n) is 4.06. The van der Waals surface area contributed by atoms with E-state index in [9.17, 15) is 13.5 Å². The number of sulfonamides is 1. The zero-order valence-electron chi connectivity index (χ0n) is 17.0. The summed E-state index contributed by atoms with van der Waals surface area (Å²) in [6.07, 6.45) is 3.22. The molecule has 0 aliphatic heterocycles. The summed E-state index contributed by atoms with van der Waals surface area (Å²) in [7, 11) is -3.26. The van der Waals surface area contributed by atoms with E-state index in [4.69, 9.17) is 0 Å². The van der Waals surface area contributed by atoms with Crippen molar-refractivity contribution in [3.63, 3.8) is 0 Å². The Morgan fingerprint density at radius 1 is 1.04 bits per heavy atom. The van der Waals surface area contributed by atoms with Crippen LogP contribution in [0.1, 0.15) is 60.3 Å². The van der Waals surface area contributed by atoms with Gasteiger partial charge in [-0.2, -0.15) is 0 Å². The Morgan fingerprint density at radius 2 is 1.58 bits per heavy atom. The van der Waals surface area contributed by atoms with Crippen LogP contribution in [0.25, 0.3) is 0 Å². The molecule has 3 N–H and O–H groups in total. The molecule has 0 aromatic rings. The average Bonchev–Trinajstić information content (AvgIpc) is 2.54. The van der Waals surface area contributed by atoms with E-state index in [1.54, 1.807) is 0 Å². The fourth-order valence-electron chi connectivity index (χ4n) is 2.83. The van der Waals surface area contributed by atoms with E-state index in [2.05, 4.69) is 15.6 Å². The first-order valence-electron chi connectivity index (χ1n) is 9.50. The quantitative estimate of drug-likeness (QED) is 0.202. The fourth-order valence-corrected chi connectivity index (χ4v) is 4.23. The molecule has 158 valence electrons. The lowest BCUT2D eigenvalue weighted by Crippen LogP contribution is -2.43. The molecule has 0 heterocycles. The van der Waals surface area contributed by atoms with Crippen molar-refractivity contribution in [1.82, 2.24) is 14.9 Å². The highest BCUT2D eigenvalue weighted by Crippen LogP contribution is 2.19. The Labute approximate surface area is 177 Å². The lowest BCUT2D eigenvalue weighted by Gasteiger charge is -2.26. The van der Waals surface area contributed by atoms with Gasteiger partial charge in [0, 0.05) is 26.2 Å². The summed E-state index contributed by atoms with van der Waals surface area (Å²) >= 11 is 0. The summed E-state index contributed by atoms with van der Waals surface area (Å²) < 4.78 is 25.9. The van der Waals surface area contributed by atoms with Crippen LogP contribution in [0.3, 0.4) is 0 Å². The highest BCUT2D eigenvalue weighted by Gasteiger charge is 2.24. The second-order valence-electron chi connectivity index (χ2n) is 6.25. The van der Waals surface area contributed by atoms with Gasteiger partial charge in [0.25, 0.3) is 0 Å². The molecule has 0 bridgehead atoms. The fraction of sp³-hybridized carbons (Fsp3) is 0.941. The van der Waals surface area contributed by atoms with Crippen LogP contribution in [0.15, 0.2) is 4.99 Å². The number of nitrogens with one attached hydrogen (secondary N) is 2. The smallest absolute Gasteiger partial charge is 0.215 e. The minimum Gasteiger partial charge on any atom is -0.388 e. The van der Waals surface area contributed by atoms with E-state index in [0.717, 1.165) is 12.8 Å². The maximum absolute atomic E-state index is 12.2. The second kappa shape index (κ2) is 14.9. The molecule has 0 aromatic heterocycles. The van der Waals surface area contributed by atoms with Gasteiger partial charge in [-0.05, 0) is 19.8 Å². The van der Waals surface area contributed by atoms with E-state index in [1.165, 1.54) is 4.31 Å². The molecule has 0 spiro atoms. The number of nitrogens with zero attached hydrogens (tertiary/aromatic N) is 2. The van der Waals surface area contributed by atoms with E-state index in [1.807, 2.05) is 34.6 Å². The minimum absolute atomic E-state index is 0. The minimum atomic E-state index is -3.26. The molecule has 0 aromatic carbocycles. The largest absolute Gasteiger partial charge is 0.388 e. The summed E-state index contributed by atoms with van der Waals surface area (Å²) in [6, 6.07) is 0. The van der Waals surface area contributed by atoms with Crippen LogP contribution in [-0.4, -0.2) is 67.9 Å². The van der Waals surface area contributed by atoms with Crippen molar-refractivity contribution in [1.29, 1.82) is 0 Å². The topological polar surface area (TPSA) is 94.0 Å². The monoisotopic (exact) mass is 506 g/mol. The maximum Gasteiger partial charge on any atom is 0.215 e. The van der Waals surface area contributed by atoms with E-state index in [0.29, 0.717) is 45.0 Å². The van der Waals surface area contributed by atoms with Crippen molar-refractivity contribution in [3.05, 3.63) is 0 Å². The first-order valence-corrected chi connectivity index (χ1v) is 11.1. The Morgan fingerprint density at radius 3 is 2.00 bits per heavy atom. The number of aliphatic imine (C=N–C) groups is 1. The summed E-state index contributed by atoms with van der Waals surface area (Å²) in [4.78, 5) is 4.46. The summed E-state index contributed by atoms with van der Waals surface area (Å²) in [5.41, 5.74) is -0.793. The van der Waals surface area contributed by atoms with Crippen LogP contribution in [0, 0.1) is 0 Å². The maximum atomic E-state index is 12.2. The van der Waals surface area contributed by atoms with Gasteiger partial charge < -0.3 is 15.7 Å². The van der Waals surface area contributed by atoms with Crippen LogP contribution < -0.4 is 10.6 Å². The molecular weight excluding hydrogens is 467 g/mol. The predicted octanol–water partition coefficient (Wildman–Crippen LogP) is 2.16. The molecule has 0 fully saturated rings. The summed E-state index contributed by atoms with van der Waals surface area (Å²) in [5.74, 6) is 0.565. The second-order valence-corrected chi connectivity index (χ2v) is 8.34. The third kappa shape index (κ3) is 10.9. The number of aliphatic hydroxyl groups is 1. The van der Waals surface area contributed by atoms with E-state index in [-0.39, 0.29) is 36.3 Å². The lowest BCUT2D eigenvalue weighted by atomic mass is 9.93. The molecule has 0 aliphatic rings. The van der Waals surface area contributed by atoms with Crippen molar-refractivity contribution in [2.24, 2.45) is 4.99 Å². The van der Waals surface area contributed by atoms with Gasteiger partial charge in [-0.25, -0.2) is 12.7 Å². The Bertz CT molecular complexity index is 476. The number of hydrogen-bond acceptors (Lipinski definition) is 4. The molecule has 0 saturated carbocycles. The van der Waals surface area contributed by atoms with Crippen molar-refractivity contribution in [3.8, 4) is 0 Å². The summed E-state index contributed by atoms with van der Waals surface area (Å²) in [6.45, 7) is 11.9. The number of halogens is 1. The summed E-state index contributed by atoms with van der Waals surface area (Å²) in [5, 5.41) is 16.8. The molecule has 0 amide bonds. The van der Waals surface area contributed by atoms with Gasteiger partial charge in [0.2, 0.25) is 10.0 Å². The van der Waals surface area contributed by atoms with Crippen LogP contribution in [-0.2, 0) is 10.0 Å². The Balaban J connectivity index is 0. The zero-order valence-corrected chi connectivity index (χ0v) is 20.2. The van der Waals surface area contributed by atoms with Crippen LogP contribution >= 0.6 is 24.0 Å². The zero-order chi connectivity index (χ0) is 19.3. The third-order valence-corrected chi connectivity index (χ3v) is 6.08. The van der Waals surface area contributed by atoms with Crippen molar-refractivity contribution in [2.45, 2.75) is 65.9 Å². The Hall–Kier alpha value is -0.130. The number of guanidine groups is 1. The lowest BCUT2D eigenvalue weighted by molar-refractivity contribution is 0.0306. The molecule has 0 atom stereocenters. The van der Waals surface area contributed by atoms with E-state index < -0.39 is 15.6 Å². The molecule has 0 unspecified atom stereocenters. The Kier molecular flexibility index (Phi) is 16.1. The predicted molar refractivity (Wildman–Crippen MR) is 121 cm³/mol. The van der Waals surface area contributed by atoms with Crippen molar-refractivity contribution < 1.29 is 13.5 Å². The van der Waals surface area contributed by atoms with Crippen molar-refractivity contribution >= 4 is 40.0 Å². The average molecular weight is 506 g/mol. The molecule has 0 radical (unpaired) electrons. The van der Waals surface area contributed by atoms with Crippen LogP contribution in [0.4, 0.5) is 0 Å². The highest BCUT2D eigenvalue weighted by atomic mass is 127. The first-order chi connectivity index (χ1) is 11.8. The van der Waals surface area contributed by atoms with Gasteiger partial charge in [0.05, 0.1) is 17.9 Å². The molecular formula is C17H39IN4O3S. The van der Waals surface area contributed by atoms with Crippen molar-refractivity contribution in [2.75, 3.05) is 38.5 Å². The standard InChI is InChI=1S/C17H38N4O3S.HI/c1-6-11-17(22,12-7-2)15-20-16(18-8-3)19-13-14-25(23,24)21(9-4)10-5;/h22H,6-15H2,1-5H3,(H2,18,19,20);1H. The highest BCUT2D eigenvalue weighted by molar-refractivity contribution is 14.0. The first kappa shape index (κ1) is 28.1. The van der Waals surface area contributed by atoms with Gasteiger partial charge in [-0.3, -0.25) is 4.99 Å². The van der Waals surface area contributed by atoms with Gasteiger partial charge in [-0.15, -0.1) is 24.0 Å². The van der Waals surface area contributed by atoms with Gasteiger partial charge in [0.15, 0.2) is 5.96 Å². The molecule has 9 heteroatoms. The van der Waals surface area contributed by atoms with Gasteiger partial charge in [0.1, 0.15) is 0 Å². The number of rotatable bonds is 13. The molecule has 0 saturated heterocycles. The van der Waals surface area contributed by atoms with Gasteiger partial charge in [-0.1, -0.05) is 40.5 Å². The molecule has 7 nitrogen and oxygen atoms in total. The van der Waals surface area contributed by atoms with Crippen LogP contribution in [0.2, 0.25) is 0 Å². The molecule has 0 aliphatic carbocycles. The van der Waals surface area contributed by atoms with E-state index >= 15 is 0 Å². The number of hydrogen-bond donors (Lipinski definition) is 3. The molecule has 26 heavy (non-hydrogen) atoms. The normalized spacial score (nSPS) is 12.8.